The van der Waals surface area contributed by atoms with E-state index in [1.807, 2.05) is 49.4 Å². The minimum atomic E-state index is -0.123. The predicted octanol–water partition coefficient (Wildman–Crippen LogP) is 2.70. The molecule has 2 aromatic rings. The zero-order valence-electron chi connectivity index (χ0n) is 18.4. The molecule has 0 unspecified atom stereocenters. The molecule has 2 aromatic carbocycles. The molecule has 2 rings (SSSR count). The van der Waals surface area contributed by atoms with Gasteiger partial charge in [0.2, 0.25) is 5.91 Å². The van der Waals surface area contributed by atoms with Gasteiger partial charge in [0.15, 0.2) is 17.5 Å². The first-order valence-electron chi connectivity index (χ1n) is 9.72. The minimum Gasteiger partial charge on any atom is -0.497 e. The first-order valence-corrected chi connectivity index (χ1v) is 9.72. The van der Waals surface area contributed by atoms with Crippen molar-refractivity contribution >= 4 is 35.8 Å². The van der Waals surface area contributed by atoms with E-state index in [2.05, 4.69) is 20.9 Å². The number of aliphatic imine (C=N–C) groups is 1. The number of halogens is 1. The smallest absolute Gasteiger partial charge is 0.239 e. The van der Waals surface area contributed by atoms with Crippen LogP contribution in [0.25, 0.3) is 0 Å². The van der Waals surface area contributed by atoms with Crippen LogP contribution >= 0.6 is 24.0 Å². The SMILES string of the molecule is CCNC(=NCc1ccc(OC)c(OC)c1)NCC(=O)NCc1ccc(OC)cc1.I. The van der Waals surface area contributed by atoms with E-state index in [0.29, 0.717) is 37.1 Å². The Hall–Kier alpha value is -2.69. The number of hydrogen-bond acceptors (Lipinski definition) is 5. The zero-order chi connectivity index (χ0) is 21.8. The third-order valence-electron chi connectivity index (χ3n) is 4.28. The van der Waals surface area contributed by atoms with E-state index in [1.54, 1.807) is 21.3 Å². The molecule has 9 heteroatoms. The highest BCUT2D eigenvalue weighted by molar-refractivity contribution is 14.0. The number of rotatable bonds is 10. The van der Waals surface area contributed by atoms with Crippen molar-refractivity contribution in [3.8, 4) is 17.2 Å². The second-order valence-corrected chi connectivity index (χ2v) is 6.36. The number of nitrogens with zero attached hydrogens (tertiary/aromatic N) is 1. The Morgan fingerprint density at radius 3 is 2.16 bits per heavy atom. The van der Waals surface area contributed by atoms with Gasteiger partial charge in [-0.2, -0.15) is 0 Å². The van der Waals surface area contributed by atoms with Crippen molar-refractivity contribution in [1.29, 1.82) is 0 Å². The summed E-state index contributed by atoms with van der Waals surface area (Å²) in [6, 6.07) is 13.2. The predicted molar refractivity (Wildman–Crippen MR) is 133 cm³/mol. The van der Waals surface area contributed by atoms with Crippen molar-refractivity contribution in [3.63, 3.8) is 0 Å². The maximum atomic E-state index is 12.2. The summed E-state index contributed by atoms with van der Waals surface area (Å²) in [4.78, 5) is 16.7. The third-order valence-corrected chi connectivity index (χ3v) is 4.28. The van der Waals surface area contributed by atoms with Crippen molar-refractivity contribution < 1.29 is 19.0 Å². The summed E-state index contributed by atoms with van der Waals surface area (Å²) in [5.41, 5.74) is 1.96. The number of carbonyl (C=O) groups is 1. The summed E-state index contributed by atoms with van der Waals surface area (Å²) in [5.74, 6) is 2.55. The Balaban J connectivity index is 0.00000480. The lowest BCUT2D eigenvalue weighted by atomic mass is 10.2. The van der Waals surface area contributed by atoms with E-state index in [0.717, 1.165) is 16.9 Å². The van der Waals surface area contributed by atoms with Crippen LogP contribution in [0.4, 0.5) is 0 Å². The summed E-state index contributed by atoms with van der Waals surface area (Å²) in [7, 11) is 4.82. The van der Waals surface area contributed by atoms with Crippen molar-refractivity contribution in [2.45, 2.75) is 20.0 Å². The number of nitrogens with one attached hydrogen (secondary N) is 3. The van der Waals surface area contributed by atoms with Crippen LogP contribution in [0.3, 0.4) is 0 Å². The van der Waals surface area contributed by atoms with Gasteiger partial charge in [-0.05, 0) is 42.3 Å². The topological polar surface area (TPSA) is 93.2 Å². The molecule has 0 spiro atoms. The van der Waals surface area contributed by atoms with Gasteiger partial charge in [-0.15, -0.1) is 24.0 Å². The highest BCUT2D eigenvalue weighted by Gasteiger charge is 2.06. The van der Waals surface area contributed by atoms with Gasteiger partial charge in [0.05, 0.1) is 34.4 Å². The molecule has 0 bridgehead atoms. The molecule has 170 valence electrons. The summed E-state index contributed by atoms with van der Waals surface area (Å²) in [6.45, 7) is 3.66. The van der Waals surface area contributed by atoms with Crippen molar-refractivity contribution in [3.05, 3.63) is 53.6 Å². The van der Waals surface area contributed by atoms with E-state index in [-0.39, 0.29) is 36.4 Å². The van der Waals surface area contributed by atoms with Crippen molar-refractivity contribution in [2.24, 2.45) is 4.99 Å². The maximum absolute atomic E-state index is 12.2. The molecule has 0 saturated heterocycles. The first kappa shape index (κ1) is 26.3. The van der Waals surface area contributed by atoms with Gasteiger partial charge in [0, 0.05) is 13.1 Å². The van der Waals surface area contributed by atoms with Crippen molar-refractivity contribution in [2.75, 3.05) is 34.4 Å². The standard InChI is InChI=1S/C22H30N4O4.HI/c1-5-23-22(25-14-17-8-11-19(29-3)20(12-17)30-4)26-15-21(27)24-13-16-6-9-18(28-2)10-7-16;/h6-12H,5,13-15H2,1-4H3,(H,24,27)(H2,23,25,26);1H. The average Bonchev–Trinajstić information content (AvgIpc) is 2.79. The molecule has 0 aromatic heterocycles. The number of amides is 1. The van der Waals surface area contributed by atoms with Crippen LogP contribution in [0.1, 0.15) is 18.1 Å². The Morgan fingerprint density at radius 1 is 0.871 bits per heavy atom. The molecule has 0 fully saturated rings. The van der Waals surface area contributed by atoms with Crippen LogP contribution in [0.15, 0.2) is 47.5 Å². The van der Waals surface area contributed by atoms with Crippen LogP contribution in [-0.2, 0) is 17.9 Å². The van der Waals surface area contributed by atoms with E-state index >= 15 is 0 Å². The molecule has 1 amide bonds. The fourth-order valence-corrected chi connectivity index (χ4v) is 2.66. The largest absolute Gasteiger partial charge is 0.497 e. The maximum Gasteiger partial charge on any atom is 0.239 e. The number of hydrogen-bond donors (Lipinski definition) is 3. The highest BCUT2D eigenvalue weighted by Crippen LogP contribution is 2.27. The van der Waals surface area contributed by atoms with Crippen LogP contribution in [0.2, 0.25) is 0 Å². The lowest BCUT2D eigenvalue weighted by Gasteiger charge is -2.12. The second-order valence-electron chi connectivity index (χ2n) is 6.36. The van der Waals surface area contributed by atoms with E-state index in [4.69, 9.17) is 14.2 Å². The summed E-state index contributed by atoms with van der Waals surface area (Å²) in [6.07, 6.45) is 0. The first-order chi connectivity index (χ1) is 14.6. The van der Waals surface area contributed by atoms with Gasteiger partial charge in [0.25, 0.3) is 0 Å². The van der Waals surface area contributed by atoms with Crippen LogP contribution in [0, 0.1) is 0 Å². The Kier molecular flexibility index (Phi) is 12.2. The van der Waals surface area contributed by atoms with Gasteiger partial charge in [-0.1, -0.05) is 18.2 Å². The monoisotopic (exact) mass is 542 g/mol. The number of methoxy groups -OCH3 is 3. The molecule has 0 radical (unpaired) electrons. The van der Waals surface area contributed by atoms with E-state index < -0.39 is 0 Å². The average molecular weight is 542 g/mol. The number of benzene rings is 2. The van der Waals surface area contributed by atoms with E-state index in [1.165, 1.54) is 0 Å². The van der Waals surface area contributed by atoms with Crippen molar-refractivity contribution in [1.82, 2.24) is 16.0 Å². The quantitative estimate of drug-likeness (QED) is 0.243. The van der Waals surface area contributed by atoms with Crippen LogP contribution in [-0.4, -0.2) is 46.3 Å². The molecule has 0 aliphatic carbocycles. The van der Waals surface area contributed by atoms with Crippen LogP contribution < -0.4 is 30.2 Å². The van der Waals surface area contributed by atoms with Gasteiger partial charge in [-0.3, -0.25) is 4.79 Å². The molecular weight excluding hydrogens is 511 g/mol. The van der Waals surface area contributed by atoms with Gasteiger partial charge >= 0.3 is 0 Å². The second kappa shape index (κ2) is 14.3. The summed E-state index contributed by atoms with van der Waals surface area (Å²) < 4.78 is 15.7. The molecule has 0 aliphatic rings. The minimum absolute atomic E-state index is 0. The molecular formula is C22H31IN4O4. The molecule has 0 atom stereocenters. The Labute approximate surface area is 200 Å². The third kappa shape index (κ3) is 8.91. The fraction of sp³-hybridized carbons (Fsp3) is 0.364. The molecule has 0 aliphatic heterocycles. The zero-order valence-corrected chi connectivity index (χ0v) is 20.7. The summed E-state index contributed by atoms with van der Waals surface area (Å²) in [5, 5.41) is 9.06. The fourth-order valence-electron chi connectivity index (χ4n) is 2.66. The molecule has 0 saturated carbocycles. The van der Waals surface area contributed by atoms with Crippen LogP contribution in [0.5, 0.6) is 17.2 Å². The van der Waals surface area contributed by atoms with Gasteiger partial charge in [0.1, 0.15) is 5.75 Å². The lowest BCUT2D eigenvalue weighted by molar-refractivity contribution is -0.120. The Bertz CT molecular complexity index is 844. The highest BCUT2D eigenvalue weighted by atomic mass is 127. The normalized spacial score (nSPS) is 10.5. The molecule has 3 N–H and O–H groups in total. The molecule has 0 heterocycles. The Morgan fingerprint density at radius 2 is 1.55 bits per heavy atom. The molecule has 31 heavy (non-hydrogen) atoms. The van der Waals surface area contributed by atoms with Gasteiger partial charge in [-0.25, -0.2) is 4.99 Å². The lowest BCUT2D eigenvalue weighted by Crippen LogP contribution is -2.43. The van der Waals surface area contributed by atoms with E-state index in [9.17, 15) is 4.79 Å². The number of ether oxygens (including phenoxy) is 3. The summed E-state index contributed by atoms with van der Waals surface area (Å²) >= 11 is 0. The van der Waals surface area contributed by atoms with Gasteiger partial charge < -0.3 is 30.2 Å². The molecule has 8 nitrogen and oxygen atoms in total. The number of guanidine groups is 1. The number of carbonyl (C=O) groups excluding carboxylic acids is 1.